The van der Waals surface area contributed by atoms with Crippen molar-refractivity contribution >= 4 is 0 Å². The Bertz CT molecular complexity index is 426. The summed E-state index contributed by atoms with van der Waals surface area (Å²) >= 11 is 0. The molecule has 2 fully saturated rings. The van der Waals surface area contributed by atoms with Crippen LogP contribution < -0.4 is 5.73 Å². The predicted octanol–water partition coefficient (Wildman–Crippen LogP) is 2.16. The van der Waals surface area contributed by atoms with E-state index >= 15 is 0 Å². The normalized spacial score (nSPS) is 24.1. The summed E-state index contributed by atoms with van der Waals surface area (Å²) in [6, 6.07) is 9.08. The van der Waals surface area contributed by atoms with Crippen LogP contribution in [0.15, 0.2) is 24.3 Å². The fourth-order valence-corrected chi connectivity index (χ4v) is 3.50. The highest BCUT2D eigenvalue weighted by molar-refractivity contribution is 5.29. The minimum atomic E-state index is -0.0492. The number of hydrogen-bond acceptors (Lipinski definition) is 3. The maximum atomic E-state index is 6.51. The molecule has 2 N–H and O–H groups in total. The van der Waals surface area contributed by atoms with Crippen LogP contribution in [0.3, 0.4) is 0 Å². The number of likely N-dealkylation sites (N-methyl/N-ethyl adjacent to an activating group) is 1. The molecule has 0 spiro atoms. The number of hydrogen-bond donors (Lipinski definition) is 1. The smallest absolute Gasteiger partial charge is 0.0409 e. The molecule has 1 saturated carbocycles. The van der Waals surface area contributed by atoms with E-state index in [9.17, 15) is 0 Å². The molecule has 0 aromatic heterocycles. The monoisotopic (exact) mass is 273 g/mol. The Morgan fingerprint density at radius 1 is 1.00 bits per heavy atom. The van der Waals surface area contributed by atoms with Crippen LogP contribution in [0.1, 0.15) is 36.8 Å². The van der Waals surface area contributed by atoms with Gasteiger partial charge < -0.3 is 10.6 Å². The largest absolute Gasteiger partial charge is 0.321 e. The predicted molar refractivity (Wildman–Crippen MR) is 83.5 cm³/mol. The molecule has 110 valence electrons. The van der Waals surface area contributed by atoms with Crippen LogP contribution in [0.25, 0.3) is 0 Å². The van der Waals surface area contributed by atoms with E-state index in [2.05, 4.69) is 41.1 Å². The van der Waals surface area contributed by atoms with E-state index in [1.165, 1.54) is 50.1 Å². The minimum absolute atomic E-state index is 0.0492. The van der Waals surface area contributed by atoms with Gasteiger partial charge in [0.2, 0.25) is 0 Å². The van der Waals surface area contributed by atoms with Gasteiger partial charge in [0.1, 0.15) is 0 Å². The summed E-state index contributed by atoms with van der Waals surface area (Å²) < 4.78 is 0. The summed E-state index contributed by atoms with van der Waals surface area (Å²) in [5, 5.41) is 0. The third-order valence-corrected chi connectivity index (χ3v) is 5.03. The van der Waals surface area contributed by atoms with Crippen LogP contribution in [0, 0.1) is 0 Å². The Kier molecular flexibility index (Phi) is 4.11. The lowest BCUT2D eigenvalue weighted by molar-refractivity contribution is 0.148. The highest BCUT2D eigenvalue weighted by Gasteiger charge is 2.30. The number of benzene rings is 1. The SMILES string of the molecule is CN1CCN(Cc2ccc(C3(N)CCCC3)cc2)CC1. The van der Waals surface area contributed by atoms with Crippen molar-refractivity contribution < 1.29 is 0 Å². The number of rotatable bonds is 3. The molecule has 0 unspecified atom stereocenters. The average Bonchev–Trinajstić information content (AvgIpc) is 2.90. The van der Waals surface area contributed by atoms with Gasteiger partial charge in [0.05, 0.1) is 0 Å². The zero-order chi connectivity index (χ0) is 14.0. The van der Waals surface area contributed by atoms with Gasteiger partial charge in [-0.1, -0.05) is 37.1 Å². The van der Waals surface area contributed by atoms with E-state index in [-0.39, 0.29) is 5.54 Å². The third kappa shape index (κ3) is 3.05. The van der Waals surface area contributed by atoms with Crippen LogP contribution in [-0.2, 0) is 12.1 Å². The lowest BCUT2D eigenvalue weighted by atomic mass is 9.89. The summed E-state index contributed by atoms with van der Waals surface area (Å²) in [5.41, 5.74) is 9.21. The van der Waals surface area contributed by atoms with E-state index in [0.717, 1.165) is 19.4 Å². The van der Waals surface area contributed by atoms with E-state index in [0.29, 0.717) is 0 Å². The molecule has 2 aliphatic rings. The molecule has 1 heterocycles. The first-order chi connectivity index (χ1) is 9.66. The highest BCUT2D eigenvalue weighted by Crippen LogP contribution is 2.36. The molecule has 1 aromatic carbocycles. The van der Waals surface area contributed by atoms with Crippen molar-refractivity contribution in [3.63, 3.8) is 0 Å². The van der Waals surface area contributed by atoms with Gasteiger partial charge in [0.25, 0.3) is 0 Å². The summed E-state index contributed by atoms with van der Waals surface area (Å²) in [5.74, 6) is 0. The molecular formula is C17H27N3. The van der Waals surface area contributed by atoms with Gasteiger partial charge in [-0.2, -0.15) is 0 Å². The van der Waals surface area contributed by atoms with Gasteiger partial charge in [-0.25, -0.2) is 0 Å². The molecule has 1 aliphatic heterocycles. The highest BCUT2D eigenvalue weighted by atomic mass is 15.2. The molecule has 3 heteroatoms. The average molecular weight is 273 g/mol. The lowest BCUT2D eigenvalue weighted by Crippen LogP contribution is -2.43. The topological polar surface area (TPSA) is 32.5 Å². The molecule has 20 heavy (non-hydrogen) atoms. The number of nitrogens with zero attached hydrogens (tertiary/aromatic N) is 2. The molecule has 3 nitrogen and oxygen atoms in total. The molecule has 1 aromatic rings. The summed E-state index contributed by atoms with van der Waals surface area (Å²) in [4.78, 5) is 4.95. The summed E-state index contributed by atoms with van der Waals surface area (Å²) in [7, 11) is 2.20. The second-order valence-electron chi connectivity index (χ2n) is 6.64. The third-order valence-electron chi connectivity index (χ3n) is 5.03. The van der Waals surface area contributed by atoms with Crippen molar-refractivity contribution in [1.82, 2.24) is 9.80 Å². The first-order valence-electron chi connectivity index (χ1n) is 7.95. The van der Waals surface area contributed by atoms with Gasteiger partial charge in [-0.15, -0.1) is 0 Å². The molecule has 0 atom stereocenters. The second-order valence-corrected chi connectivity index (χ2v) is 6.64. The van der Waals surface area contributed by atoms with Gasteiger partial charge in [-0.05, 0) is 31.0 Å². The minimum Gasteiger partial charge on any atom is -0.321 e. The van der Waals surface area contributed by atoms with Crippen molar-refractivity contribution in [2.75, 3.05) is 33.2 Å². The maximum absolute atomic E-state index is 6.51. The van der Waals surface area contributed by atoms with Crippen molar-refractivity contribution in [3.05, 3.63) is 35.4 Å². The van der Waals surface area contributed by atoms with Crippen molar-refractivity contribution in [1.29, 1.82) is 0 Å². The maximum Gasteiger partial charge on any atom is 0.0409 e. The van der Waals surface area contributed by atoms with Crippen LogP contribution in [0.4, 0.5) is 0 Å². The quantitative estimate of drug-likeness (QED) is 0.916. The van der Waals surface area contributed by atoms with E-state index in [1.807, 2.05) is 0 Å². The molecular weight excluding hydrogens is 246 g/mol. The molecule has 1 saturated heterocycles. The van der Waals surface area contributed by atoms with Crippen molar-refractivity contribution in [2.45, 2.75) is 37.8 Å². The number of piperazine rings is 1. The molecule has 0 radical (unpaired) electrons. The van der Waals surface area contributed by atoms with Gasteiger partial charge >= 0.3 is 0 Å². The molecule has 0 bridgehead atoms. The summed E-state index contributed by atoms with van der Waals surface area (Å²) in [6.45, 7) is 5.80. The Balaban J connectivity index is 1.61. The standard InChI is InChI=1S/C17H27N3/c1-19-10-12-20(13-11-19)14-15-4-6-16(7-5-15)17(18)8-2-3-9-17/h4-7H,2-3,8-14,18H2,1H3. The van der Waals surface area contributed by atoms with Crippen LogP contribution in [0.5, 0.6) is 0 Å². The first kappa shape index (κ1) is 14.1. The lowest BCUT2D eigenvalue weighted by Gasteiger charge is -2.32. The fourth-order valence-electron chi connectivity index (χ4n) is 3.50. The molecule has 0 amide bonds. The van der Waals surface area contributed by atoms with Gasteiger partial charge in [0, 0.05) is 38.3 Å². The molecule has 1 aliphatic carbocycles. The van der Waals surface area contributed by atoms with Crippen molar-refractivity contribution in [2.24, 2.45) is 5.73 Å². The Labute approximate surface area is 122 Å². The van der Waals surface area contributed by atoms with E-state index in [1.54, 1.807) is 0 Å². The zero-order valence-corrected chi connectivity index (χ0v) is 12.6. The van der Waals surface area contributed by atoms with E-state index in [4.69, 9.17) is 5.73 Å². The van der Waals surface area contributed by atoms with E-state index < -0.39 is 0 Å². The zero-order valence-electron chi connectivity index (χ0n) is 12.6. The fraction of sp³-hybridized carbons (Fsp3) is 0.647. The van der Waals surface area contributed by atoms with Gasteiger partial charge in [0.15, 0.2) is 0 Å². The number of nitrogens with two attached hydrogens (primary N) is 1. The van der Waals surface area contributed by atoms with Crippen molar-refractivity contribution in [3.8, 4) is 0 Å². The van der Waals surface area contributed by atoms with Crippen LogP contribution >= 0.6 is 0 Å². The second kappa shape index (κ2) is 5.84. The first-order valence-corrected chi connectivity index (χ1v) is 7.95. The van der Waals surface area contributed by atoms with Crippen LogP contribution in [0.2, 0.25) is 0 Å². The molecule has 3 rings (SSSR count). The Morgan fingerprint density at radius 2 is 1.60 bits per heavy atom. The summed E-state index contributed by atoms with van der Waals surface area (Å²) in [6.07, 6.45) is 4.84. The Morgan fingerprint density at radius 3 is 2.20 bits per heavy atom. The van der Waals surface area contributed by atoms with Gasteiger partial charge in [-0.3, -0.25) is 4.90 Å². The van der Waals surface area contributed by atoms with Crippen LogP contribution in [-0.4, -0.2) is 43.0 Å². The Hall–Kier alpha value is -0.900.